The number of ketones is 1. The summed E-state index contributed by atoms with van der Waals surface area (Å²) in [6, 6.07) is 11.2. The van der Waals surface area contributed by atoms with Gasteiger partial charge in [-0.2, -0.15) is 0 Å². The number of methoxy groups -OCH3 is 1. The van der Waals surface area contributed by atoms with Crippen LogP contribution in [-0.4, -0.2) is 45.8 Å². The molecule has 1 aliphatic rings. The maximum absolute atomic E-state index is 12.7. The summed E-state index contributed by atoms with van der Waals surface area (Å²) in [6.07, 6.45) is 3.28. The van der Waals surface area contributed by atoms with E-state index in [0.29, 0.717) is 41.9 Å². The number of halogens is 1. The first-order chi connectivity index (χ1) is 13.6. The molecule has 1 fully saturated rings. The highest BCUT2D eigenvalue weighted by molar-refractivity contribution is 6.32. The first kappa shape index (κ1) is 20.2. The lowest BCUT2D eigenvalue weighted by Gasteiger charge is -2.29. The quantitative estimate of drug-likeness (QED) is 0.505. The van der Waals surface area contributed by atoms with Gasteiger partial charge in [-0.05, 0) is 42.8 Å². The Hall–Kier alpha value is -2.50. The highest BCUT2D eigenvalue weighted by Crippen LogP contribution is 2.36. The van der Waals surface area contributed by atoms with Crippen LogP contribution < -0.4 is 14.4 Å². The number of rotatable bonds is 7. The van der Waals surface area contributed by atoms with Crippen molar-refractivity contribution in [3.05, 3.63) is 58.6 Å². The van der Waals surface area contributed by atoms with Crippen molar-refractivity contribution in [2.75, 3.05) is 44.9 Å². The number of benzene rings is 2. The third-order valence-electron chi connectivity index (χ3n) is 4.47. The van der Waals surface area contributed by atoms with E-state index in [4.69, 9.17) is 25.8 Å². The number of allylic oxidation sites excluding steroid dienone is 1. The van der Waals surface area contributed by atoms with Crippen LogP contribution in [0.3, 0.4) is 0 Å². The van der Waals surface area contributed by atoms with Gasteiger partial charge in [0.1, 0.15) is 0 Å². The molecule has 2 aromatic carbocycles. The molecule has 0 radical (unpaired) electrons. The van der Waals surface area contributed by atoms with Gasteiger partial charge in [-0.15, -0.1) is 0 Å². The monoisotopic (exact) mass is 401 g/mol. The Bertz CT molecular complexity index is 860. The van der Waals surface area contributed by atoms with Gasteiger partial charge < -0.3 is 19.1 Å². The molecule has 0 spiro atoms. The summed E-state index contributed by atoms with van der Waals surface area (Å²) in [5, 5.41) is 0.440. The van der Waals surface area contributed by atoms with Crippen LogP contribution in [0.25, 0.3) is 6.08 Å². The van der Waals surface area contributed by atoms with Crippen LogP contribution in [0.15, 0.2) is 42.5 Å². The summed E-state index contributed by atoms with van der Waals surface area (Å²) in [5.74, 6) is 0.976. The van der Waals surface area contributed by atoms with E-state index in [9.17, 15) is 4.79 Å². The van der Waals surface area contributed by atoms with Gasteiger partial charge in [0.15, 0.2) is 17.3 Å². The van der Waals surface area contributed by atoms with E-state index >= 15 is 0 Å². The average molecular weight is 402 g/mol. The Kier molecular flexibility index (Phi) is 6.95. The first-order valence-electron chi connectivity index (χ1n) is 9.28. The van der Waals surface area contributed by atoms with E-state index in [0.717, 1.165) is 24.3 Å². The summed E-state index contributed by atoms with van der Waals surface area (Å²) in [5.41, 5.74) is 2.45. The molecule has 0 aromatic heterocycles. The molecule has 0 amide bonds. The van der Waals surface area contributed by atoms with Crippen LogP contribution in [0.5, 0.6) is 11.5 Å². The van der Waals surface area contributed by atoms with Gasteiger partial charge in [-0.1, -0.05) is 29.8 Å². The fourth-order valence-corrected chi connectivity index (χ4v) is 3.39. The van der Waals surface area contributed by atoms with Crippen molar-refractivity contribution < 1.29 is 19.0 Å². The lowest BCUT2D eigenvalue weighted by Crippen LogP contribution is -2.36. The van der Waals surface area contributed by atoms with E-state index in [2.05, 4.69) is 4.90 Å². The molecule has 0 saturated carbocycles. The summed E-state index contributed by atoms with van der Waals surface area (Å²) >= 11 is 6.27. The number of morpholine rings is 1. The molecule has 1 heterocycles. The fraction of sp³-hybridized carbons (Fsp3) is 0.318. The maximum atomic E-state index is 12.7. The van der Waals surface area contributed by atoms with Crippen molar-refractivity contribution in [3.63, 3.8) is 0 Å². The van der Waals surface area contributed by atoms with Crippen LogP contribution in [0.1, 0.15) is 22.8 Å². The Morgan fingerprint density at radius 3 is 2.75 bits per heavy atom. The maximum Gasteiger partial charge on any atom is 0.185 e. The number of hydrogen-bond donors (Lipinski definition) is 0. The molecule has 3 rings (SSSR count). The zero-order valence-corrected chi connectivity index (χ0v) is 16.9. The van der Waals surface area contributed by atoms with Crippen molar-refractivity contribution in [3.8, 4) is 11.5 Å². The van der Waals surface area contributed by atoms with Crippen molar-refractivity contribution in [1.29, 1.82) is 0 Å². The second-order valence-corrected chi connectivity index (χ2v) is 6.72. The molecular formula is C22H24ClNO4. The van der Waals surface area contributed by atoms with Crippen LogP contribution >= 0.6 is 11.6 Å². The van der Waals surface area contributed by atoms with E-state index < -0.39 is 0 Å². The molecule has 1 aliphatic heterocycles. The molecule has 0 aliphatic carbocycles. The highest BCUT2D eigenvalue weighted by Gasteiger charge is 2.13. The van der Waals surface area contributed by atoms with Gasteiger partial charge in [-0.3, -0.25) is 4.79 Å². The Morgan fingerprint density at radius 2 is 2.04 bits per heavy atom. The molecule has 0 unspecified atom stereocenters. The van der Waals surface area contributed by atoms with Crippen LogP contribution in [0.4, 0.5) is 5.69 Å². The van der Waals surface area contributed by atoms with E-state index in [1.54, 1.807) is 25.3 Å². The predicted molar refractivity (Wildman–Crippen MR) is 112 cm³/mol. The molecule has 28 heavy (non-hydrogen) atoms. The first-order valence-corrected chi connectivity index (χ1v) is 9.65. The second kappa shape index (κ2) is 9.62. The molecule has 5 nitrogen and oxygen atoms in total. The predicted octanol–water partition coefficient (Wildman–Crippen LogP) is 4.48. The van der Waals surface area contributed by atoms with E-state index in [1.807, 2.05) is 37.3 Å². The molecule has 0 bridgehead atoms. The minimum atomic E-state index is -0.0694. The van der Waals surface area contributed by atoms with Gasteiger partial charge in [0.2, 0.25) is 0 Å². The van der Waals surface area contributed by atoms with Crippen LogP contribution in [-0.2, 0) is 4.74 Å². The minimum absolute atomic E-state index is 0.0694. The Balaban J connectivity index is 1.78. The summed E-state index contributed by atoms with van der Waals surface area (Å²) < 4.78 is 16.3. The summed E-state index contributed by atoms with van der Waals surface area (Å²) in [6.45, 7) is 5.46. The highest BCUT2D eigenvalue weighted by atomic mass is 35.5. The molecule has 148 valence electrons. The zero-order chi connectivity index (χ0) is 19.9. The number of nitrogens with zero attached hydrogens (tertiary/aromatic N) is 1. The number of hydrogen-bond acceptors (Lipinski definition) is 5. The summed E-state index contributed by atoms with van der Waals surface area (Å²) in [4.78, 5) is 14.9. The number of ether oxygens (including phenoxy) is 3. The lowest BCUT2D eigenvalue weighted by molar-refractivity contribution is 0.104. The molecule has 0 N–H and O–H groups in total. The zero-order valence-electron chi connectivity index (χ0n) is 16.1. The van der Waals surface area contributed by atoms with Crippen molar-refractivity contribution in [2.45, 2.75) is 6.92 Å². The lowest BCUT2D eigenvalue weighted by atomic mass is 10.1. The van der Waals surface area contributed by atoms with Crippen LogP contribution in [0.2, 0.25) is 5.02 Å². The van der Waals surface area contributed by atoms with Gasteiger partial charge in [0.05, 0.1) is 32.0 Å². The fourth-order valence-electron chi connectivity index (χ4n) is 3.09. The van der Waals surface area contributed by atoms with Gasteiger partial charge >= 0.3 is 0 Å². The largest absolute Gasteiger partial charge is 0.491 e. The van der Waals surface area contributed by atoms with Gasteiger partial charge in [0.25, 0.3) is 0 Å². The average Bonchev–Trinajstić information content (AvgIpc) is 2.73. The molecule has 6 heteroatoms. The topological polar surface area (TPSA) is 48.0 Å². The number of carbonyl (C=O) groups excluding carboxylic acids is 1. The van der Waals surface area contributed by atoms with Crippen LogP contribution in [0, 0.1) is 0 Å². The Labute approximate surface area is 170 Å². The smallest absolute Gasteiger partial charge is 0.185 e. The molecule has 2 aromatic rings. The Morgan fingerprint density at radius 1 is 1.25 bits per heavy atom. The standard InChI is InChI=1S/C22H24ClNO4/c1-3-28-21-14-16(13-19(23)22(21)26-2)7-8-20(25)17-5-4-6-18(15-17)24-9-11-27-12-10-24/h4-8,13-15H,3,9-12H2,1-2H3. The van der Waals surface area contributed by atoms with E-state index in [-0.39, 0.29) is 5.78 Å². The second-order valence-electron chi connectivity index (χ2n) is 6.31. The number of anilines is 1. The normalized spacial score (nSPS) is 14.3. The SMILES string of the molecule is CCOc1cc(C=CC(=O)c2cccc(N3CCOCC3)c2)cc(Cl)c1OC. The molecular weight excluding hydrogens is 378 g/mol. The van der Waals surface area contributed by atoms with Crippen molar-refractivity contribution in [1.82, 2.24) is 0 Å². The third-order valence-corrected chi connectivity index (χ3v) is 4.75. The molecule has 0 atom stereocenters. The summed E-state index contributed by atoms with van der Waals surface area (Å²) in [7, 11) is 1.55. The van der Waals surface area contributed by atoms with E-state index in [1.165, 1.54) is 0 Å². The van der Waals surface area contributed by atoms with Crippen molar-refractivity contribution >= 4 is 29.1 Å². The third kappa shape index (κ3) is 4.86. The molecule has 1 saturated heterocycles. The van der Waals surface area contributed by atoms with Gasteiger partial charge in [0, 0.05) is 24.3 Å². The van der Waals surface area contributed by atoms with Gasteiger partial charge in [-0.25, -0.2) is 0 Å². The number of carbonyl (C=O) groups is 1. The minimum Gasteiger partial charge on any atom is -0.491 e. The van der Waals surface area contributed by atoms with Crippen molar-refractivity contribution in [2.24, 2.45) is 0 Å².